The van der Waals surface area contributed by atoms with Crippen LogP contribution in [0.1, 0.15) is 63.5 Å². The number of nitrogens with zero attached hydrogens (tertiary/aromatic N) is 1. The molecule has 4 aromatic rings. The predicted octanol–water partition coefficient (Wildman–Crippen LogP) is 7.31. The summed E-state index contributed by atoms with van der Waals surface area (Å²) in [5.41, 5.74) is 3.28. The topological polar surface area (TPSA) is 95.1 Å². The van der Waals surface area contributed by atoms with Crippen LogP contribution in [0.3, 0.4) is 0 Å². The van der Waals surface area contributed by atoms with Crippen LogP contribution in [0.25, 0.3) is 16.6 Å². The van der Waals surface area contributed by atoms with Crippen LogP contribution in [0, 0.1) is 5.92 Å². The number of aromatic amines is 1. The van der Waals surface area contributed by atoms with Gasteiger partial charge in [-0.3, -0.25) is 4.79 Å². The lowest BCUT2D eigenvalue weighted by atomic mass is 9.69. The largest absolute Gasteiger partial charge is 0.478 e. The monoisotopic (exact) mass is 571 g/mol. The number of carbonyl (C=O) groups excluding carboxylic acids is 1. The number of hydrogen-bond acceptors (Lipinski definition) is 3. The van der Waals surface area contributed by atoms with E-state index in [-0.39, 0.29) is 23.1 Å². The molecule has 0 radical (unpaired) electrons. The van der Waals surface area contributed by atoms with Crippen molar-refractivity contribution in [1.29, 1.82) is 0 Å². The molecule has 0 aliphatic heterocycles. The van der Waals surface area contributed by atoms with Crippen LogP contribution in [0.15, 0.2) is 85.0 Å². The maximum Gasteiger partial charge on any atom is 0.336 e. The number of aromatic carboxylic acids is 1. The molecule has 202 valence electrons. The summed E-state index contributed by atoms with van der Waals surface area (Å²) in [7, 11) is 0. The molecule has 0 bridgehead atoms. The normalized spacial score (nSPS) is 21.2. The first kappa shape index (κ1) is 26.4. The molecule has 2 unspecified atom stereocenters. The van der Waals surface area contributed by atoms with Gasteiger partial charge in [-0.15, -0.1) is 11.6 Å². The molecule has 2 aliphatic rings. The van der Waals surface area contributed by atoms with Crippen molar-refractivity contribution >= 4 is 51.7 Å². The molecule has 0 spiro atoms. The zero-order valence-corrected chi connectivity index (χ0v) is 23.2. The highest BCUT2D eigenvalue weighted by Gasteiger charge is 2.43. The smallest absolute Gasteiger partial charge is 0.336 e. The summed E-state index contributed by atoms with van der Waals surface area (Å²) in [5.74, 6) is -0.508. The molecule has 3 N–H and O–H groups in total. The number of rotatable bonds is 7. The van der Waals surface area contributed by atoms with E-state index in [1.807, 2.05) is 73.7 Å². The third-order valence-corrected chi connectivity index (χ3v) is 8.81. The molecule has 1 amide bonds. The van der Waals surface area contributed by atoms with E-state index in [9.17, 15) is 14.7 Å². The minimum atomic E-state index is -1.13. The van der Waals surface area contributed by atoms with Crippen LogP contribution in [0.4, 0.5) is 0 Å². The summed E-state index contributed by atoms with van der Waals surface area (Å²) in [5, 5.41) is 13.5. The molecular formula is C32H27Cl2N3O3. The zero-order chi connectivity index (χ0) is 28.0. The van der Waals surface area contributed by atoms with Gasteiger partial charge in [-0.05, 0) is 73.2 Å². The van der Waals surface area contributed by atoms with Crippen LogP contribution < -0.4 is 5.32 Å². The molecule has 0 saturated heterocycles. The number of nitrogens with one attached hydrogen (secondary N) is 2. The van der Waals surface area contributed by atoms with Crippen LogP contribution in [-0.2, 0) is 5.41 Å². The van der Waals surface area contributed by atoms with Crippen molar-refractivity contribution in [3.8, 4) is 0 Å². The van der Waals surface area contributed by atoms with Gasteiger partial charge in [-0.25, -0.2) is 9.78 Å². The number of carboxylic acids is 1. The number of aromatic nitrogens is 2. The van der Waals surface area contributed by atoms with Gasteiger partial charge in [0.05, 0.1) is 28.0 Å². The quantitative estimate of drug-likeness (QED) is 0.202. The number of carboxylic acid groups (broad SMARTS) is 1. The maximum absolute atomic E-state index is 13.4. The number of H-pyrrole nitrogens is 1. The first-order valence-corrected chi connectivity index (χ1v) is 14.0. The Labute approximate surface area is 241 Å². The predicted molar refractivity (Wildman–Crippen MR) is 158 cm³/mol. The minimum absolute atomic E-state index is 0.0209. The molecule has 6 nitrogen and oxygen atoms in total. The Morgan fingerprint density at radius 1 is 1.10 bits per heavy atom. The van der Waals surface area contributed by atoms with E-state index in [0.717, 1.165) is 35.0 Å². The van der Waals surface area contributed by atoms with Gasteiger partial charge >= 0.3 is 5.97 Å². The second kappa shape index (κ2) is 10.3. The first-order valence-electron chi connectivity index (χ1n) is 13.2. The SMILES string of the molecule is CC1(c2ccc(C(=O)NC(c3ccc(Cl)cc3)C3CC3)cc2C(=O)O)C(c2nc3ccccc3[nH]2)=CC=C[C@@H]1Cl. The molecule has 1 aromatic heterocycles. The van der Waals surface area contributed by atoms with Crippen molar-refractivity contribution < 1.29 is 14.7 Å². The van der Waals surface area contributed by atoms with Crippen molar-refractivity contribution in [3.63, 3.8) is 0 Å². The molecule has 1 fully saturated rings. The Balaban J connectivity index is 1.37. The van der Waals surface area contributed by atoms with Gasteiger partial charge in [-0.2, -0.15) is 0 Å². The number of halogens is 2. The third-order valence-electron chi connectivity index (χ3n) is 7.98. The summed E-state index contributed by atoms with van der Waals surface area (Å²) in [6, 6.07) is 19.8. The average molecular weight is 572 g/mol. The third kappa shape index (κ3) is 4.72. The zero-order valence-electron chi connectivity index (χ0n) is 21.7. The van der Waals surface area contributed by atoms with Gasteiger partial charge in [0.15, 0.2) is 0 Å². The molecule has 3 atom stereocenters. The molecule has 6 rings (SSSR count). The van der Waals surface area contributed by atoms with Gasteiger partial charge in [0.25, 0.3) is 5.91 Å². The fourth-order valence-electron chi connectivity index (χ4n) is 5.58. The van der Waals surface area contributed by atoms with E-state index < -0.39 is 16.8 Å². The van der Waals surface area contributed by atoms with E-state index >= 15 is 0 Å². The number of carbonyl (C=O) groups is 2. The number of imidazole rings is 1. The van der Waals surface area contributed by atoms with E-state index in [2.05, 4.69) is 10.3 Å². The average Bonchev–Trinajstić information content (AvgIpc) is 3.71. The number of alkyl halides is 1. The van der Waals surface area contributed by atoms with E-state index in [1.165, 1.54) is 6.07 Å². The van der Waals surface area contributed by atoms with Crippen molar-refractivity contribution in [2.75, 3.05) is 0 Å². The van der Waals surface area contributed by atoms with E-state index in [1.54, 1.807) is 12.1 Å². The highest BCUT2D eigenvalue weighted by atomic mass is 35.5. The second-order valence-corrected chi connectivity index (χ2v) is 11.5. The lowest BCUT2D eigenvalue weighted by molar-refractivity contribution is 0.0694. The van der Waals surface area contributed by atoms with Crippen LogP contribution >= 0.6 is 23.2 Å². The highest BCUT2D eigenvalue weighted by molar-refractivity contribution is 6.30. The van der Waals surface area contributed by atoms with Gasteiger partial charge in [0.2, 0.25) is 0 Å². The molecule has 1 heterocycles. The Kier molecular flexibility index (Phi) is 6.77. The van der Waals surface area contributed by atoms with Crippen molar-refractivity contribution in [2.24, 2.45) is 5.92 Å². The van der Waals surface area contributed by atoms with E-state index in [4.69, 9.17) is 28.2 Å². The first-order chi connectivity index (χ1) is 19.3. The molecular weight excluding hydrogens is 545 g/mol. The summed E-state index contributed by atoms with van der Waals surface area (Å²) in [4.78, 5) is 34.2. The van der Waals surface area contributed by atoms with Crippen molar-refractivity contribution in [2.45, 2.75) is 36.6 Å². The molecule has 3 aromatic carbocycles. The van der Waals surface area contributed by atoms with Gasteiger partial charge in [-0.1, -0.05) is 60.2 Å². The highest BCUT2D eigenvalue weighted by Crippen LogP contribution is 2.47. The summed E-state index contributed by atoms with van der Waals surface area (Å²) in [6.45, 7) is 1.92. The van der Waals surface area contributed by atoms with Gasteiger partial charge in [0, 0.05) is 21.6 Å². The number of para-hydroxylation sites is 2. The summed E-state index contributed by atoms with van der Waals surface area (Å²) < 4.78 is 0. The summed E-state index contributed by atoms with van der Waals surface area (Å²) >= 11 is 13.0. The van der Waals surface area contributed by atoms with Gasteiger partial charge < -0.3 is 15.4 Å². The van der Waals surface area contributed by atoms with Crippen LogP contribution in [0.5, 0.6) is 0 Å². The summed E-state index contributed by atoms with van der Waals surface area (Å²) in [6.07, 6.45) is 7.65. The Morgan fingerprint density at radius 2 is 1.85 bits per heavy atom. The Bertz CT molecular complexity index is 1650. The molecule has 40 heavy (non-hydrogen) atoms. The van der Waals surface area contributed by atoms with Crippen molar-refractivity contribution in [3.05, 3.63) is 118 Å². The standard InChI is InChI=1S/C32H27Cl2N3O3/c1-32(24(5-4-8-27(32)34)29-35-25-6-2-3-7-26(25)36-29)23-16-13-20(17-22(23)31(39)40)30(38)37-28(18-9-10-18)19-11-14-21(33)15-12-19/h2-8,11-18,27-28H,9-10H2,1H3,(H,35,36)(H,37,38)(H,39,40)/t27-,28?,32?/m0/s1. The second-order valence-electron chi connectivity index (χ2n) is 10.6. The van der Waals surface area contributed by atoms with Crippen molar-refractivity contribution in [1.82, 2.24) is 15.3 Å². The maximum atomic E-state index is 13.4. The number of amides is 1. The number of benzene rings is 3. The van der Waals surface area contributed by atoms with Gasteiger partial charge in [0.1, 0.15) is 5.82 Å². The number of hydrogen-bond donors (Lipinski definition) is 3. The number of fused-ring (bicyclic) bond motifs is 1. The minimum Gasteiger partial charge on any atom is -0.478 e. The fourth-order valence-corrected chi connectivity index (χ4v) is 6.02. The van der Waals surface area contributed by atoms with E-state index in [0.29, 0.717) is 22.3 Å². The Morgan fingerprint density at radius 3 is 2.55 bits per heavy atom. The fraction of sp³-hybridized carbons (Fsp3) is 0.219. The molecule has 2 aliphatic carbocycles. The number of allylic oxidation sites excluding steroid dienone is 4. The molecule has 8 heteroatoms. The van der Waals surface area contributed by atoms with Crippen LogP contribution in [-0.4, -0.2) is 32.3 Å². The van der Waals surface area contributed by atoms with Crippen LogP contribution in [0.2, 0.25) is 5.02 Å². The lowest BCUT2D eigenvalue weighted by Crippen LogP contribution is -2.37. The Hall–Kier alpha value is -3.87. The molecule has 1 saturated carbocycles. The lowest BCUT2D eigenvalue weighted by Gasteiger charge is -2.38.